The zero-order valence-electron chi connectivity index (χ0n) is 13.3. The highest BCUT2D eigenvalue weighted by atomic mass is 16.4. The van der Waals surface area contributed by atoms with Gasteiger partial charge in [-0.25, -0.2) is 14.8 Å². The first-order chi connectivity index (χ1) is 11.6. The molecule has 2 aromatic carbocycles. The van der Waals surface area contributed by atoms with Gasteiger partial charge < -0.3 is 10.0 Å². The maximum absolute atomic E-state index is 11.5. The van der Waals surface area contributed by atoms with E-state index < -0.39 is 5.97 Å². The maximum Gasteiger partial charge on any atom is 0.339 e. The lowest BCUT2D eigenvalue weighted by Crippen LogP contribution is -2.20. The van der Waals surface area contributed by atoms with E-state index in [0.29, 0.717) is 18.2 Å². The highest BCUT2D eigenvalue weighted by Crippen LogP contribution is 2.23. The number of aromatic carboxylic acids is 1. The Morgan fingerprint density at radius 2 is 1.67 bits per heavy atom. The molecule has 1 N–H and O–H groups in total. The minimum Gasteiger partial charge on any atom is -0.478 e. The normalized spacial score (nSPS) is 10.4. The minimum absolute atomic E-state index is 0.0954. The summed E-state index contributed by atoms with van der Waals surface area (Å²) in [5, 5.41) is 9.40. The van der Waals surface area contributed by atoms with Crippen molar-refractivity contribution in [2.75, 3.05) is 11.9 Å². The largest absolute Gasteiger partial charge is 0.478 e. The summed E-state index contributed by atoms with van der Waals surface area (Å²) in [7, 11) is 1.89. The number of benzene rings is 2. The lowest BCUT2D eigenvalue weighted by atomic mass is 10.1. The van der Waals surface area contributed by atoms with Gasteiger partial charge in [-0.05, 0) is 5.56 Å². The van der Waals surface area contributed by atoms with Crippen LogP contribution in [0.25, 0.3) is 11.3 Å². The fourth-order valence-electron chi connectivity index (χ4n) is 2.46. The molecule has 0 aliphatic rings. The second-order valence-corrected chi connectivity index (χ2v) is 5.45. The summed E-state index contributed by atoms with van der Waals surface area (Å²) in [6.45, 7) is 0.640. The quantitative estimate of drug-likeness (QED) is 0.780. The Kier molecular flexibility index (Phi) is 4.52. The molecule has 0 atom stereocenters. The summed E-state index contributed by atoms with van der Waals surface area (Å²) in [5.74, 6) is -0.547. The predicted molar refractivity (Wildman–Crippen MR) is 93.0 cm³/mol. The molecule has 0 saturated heterocycles. The van der Waals surface area contributed by atoms with Crippen LogP contribution in [0.15, 0.2) is 66.9 Å². The first-order valence-corrected chi connectivity index (χ1v) is 7.56. The molecule has 5 nitrogen and oxygen atoms in total. The van der Waals surface area contributed by atoms with Crippen LogP contribution in [0.3, 0.4) is 0 Å². The monoisotopic (exact) mass is 319 g/mol. The molecular formula is C19H17N3O2. The highest BCUT2D eigenvalue weighted by Gasteiger charge is 2.16. The van der Waals surface area contributed by atoms with Gasteiger partial charge >= 0.3 is 5.97 Å². The van der Waals surface area contributed by atoms with Gasteiger partial charge in [0.05, 0.1) is 5.69 Å². The second-order valence-electron chi connectivity index (χ2n) is 5.45. The van der Waals surface area contributed by atoms with E-state index in [1.54, 1.807) is 0 Å². The fourth-order valence-corrected chi connectivity index (χ4v) is 2.46. The highest BCUT2D eigenvalue weighted by molar-refractivity contribution is 5.94. The molecule has 0 aliphatic carbocycles. The van der Waals surface area contributed by atoms with E-state index in [1.807, 2.05) is 72.6 Å². The van der Waals surface area contributed by atoms with Crippen LogP contribution in [0, 0.1) is 0 Å². The number of hydrogen-bond donors (Lipinski definition) is 1. The number of carboxylic acid groups (broad SMARTS) is 1. The summed E-state index contributed by atoms with van der Waals surface area (Å²) in [6, 6.07) is 19.3. The van der Waals surface area contributed by atoms with Crippen LogP contribution in [0.2, 0.25) is 0 Å². The van der Waals surface area contributed by atoms with Crippen LogP contribution in [0.4, 0.5) is 5.95 Å². The molecule has 0 amide bonds. The van der Waals surface area contributed by atoms with Crippen LogP contribution in [-0.4, -0.2) is 28.1 Å². The zero-order chi connectivity index (χ0) is 16.9. The van der Waals surface area contributed by atoms with Gasteiger partial charge in [-0.15, -0.1) is 0 Å². The van der Waals surface area contributed by atoms with Crippen molar-refractivity contribution < 1.29 is 9.90 Å². The lowest BCUT2D eigenvalue weighted by Gasteiger charge is -2.18. The Balaban J connectivity index is 1.96. The first kappa shape index (κ1) is 15.7. The maximum atomic E-state index is 11.5. The van der Waals surface area contributed by atoms with Gasteiger partial charge in [0, 0.05) is 25.4 Å². The molecule has 120 valence electrons. The van der Waals surface area contributed by atoms with Gasteiger partial charge in [0.1, 0.15) is 5.56 Å². The van der Waals surface area contributed by atoms with Crippen molar-refractivity contribution in [2.45, 2.75) is 6.54 Å². The molecule has 5 heteroatoms. The summed E-state index contributed by atoms with van der Waals surface area (Å²) < 4.78 is 0. The van der Waals surface area contributed by atoms with Crippen molar-refractivity contribution in [2.24, 2.45) is 0 Å². The first-order valence-electron chi connectivity index (χ1n) is 7.56. The number of aromatic nitrogens is 2. The number of carbonyl (C=O) groups is 1. The third-order valence-corrected chi connectivity index (χ3v) is 3.66. The van der Waals surface area contributed by atoms with E-state index in [1.165, 1.54) is 6.20 Å². The van der Waals surface area contributed by atoms with Crippen LogP contribution in [-0.2, 0) is 6.54 Å². The fraction of sp³-hybridized carbons (Fsp3) is 0.105. The average Bonchev–Trinajstić information content (AvgIpc) is 2.62. The Morgan fingerprint density at radius 3 is 2.29 bits per heavy atom. The third-order valence-electron chi connectivity index (χ3n) is 3.66. The van der Waals surface area contributed by atoms with E-state index in [2.05, 4.69) is 9.97 Å². The summed E-state index contributed by atoms with van der Waals surface area (Å²) in [6.07, 6.45) is 1.37. The number of carboxylic acids is 1. The van der Waals surface area contributed by atoms with E-state index in [-0.39, 0.29) is 5.56 Å². The van der Waals surface area contributed by atoms with Crippen molar-refractivity contribution in [3.63, 3.8) is 0 Å². The predicted octanol–water partition coefficient (Wildman–Crippen LogP) is 3.48. The molecule has 3 rings (SSSR count). The molecule has 0 unspecified atom stereocenters. The Labute approximate surface area is 140 Å². The van der Waals surface area contributed by atoms with Crippen LogP contribution in [0.5, 0.6) is 0 Å². The Morgan fingerprint density at radius 1 is 1.04 bits per heavy atom. The molecular weight excluding hydrogens is 302 g/mol. The average molecular weight is 319 g/mol. The molecule has 0 fully saturated rings. The molecule has 0 aliphatic heterocycles. The SMILES string of the molecule is CN(Cc1ccccc1)c1ncc(C(=O)O)c(-c2ccccc2)n1. The van der Waals surface area contributed by atoms with Crippen molar-refractivity contribution in [1.29, 1.82) is 0 Å². The number of hydrogen-bond acceptors (Lipinski definition) is 4. The van der Waals surface area contributed by atoms with Crippen LogP contribution < -0.4 is 4.90 Å². The molecule has 1 heterocycles. The van der Waals surface area contributed by atoms with Gasteiger partial charge in [-0.1, -0.05) is 60.7 Å². The third kappa shape index (κ3) is 3.41. The van der Waals surface area contributed by atoms with E-state index in [9.17, 15) is 9.90 Å². The number of rotatable bonds is 5. The van der Waals surface area contributed by atoms with Crippen molar-refractivity contribution >= 4 is 11.9 Å². The number of anilines is 1. The van der Waals surface area contributed by atoms with Crippen molar-refractivity contribution in [1.82, 2.24) is 9.97 Å². The van der Waals surface area contributed by atoms with Crippen LogP contribution in [0.1, 0.15) is 15.9 Å². The molecule has 3 aromatic rings. The standard InChI is InChI=1S/C19H17N3O2/c1-22(13-14-8-4-2-5-9-14)19-20-12-16(18(23)24)17(21-19)15-10-6-3-7-11-15/h2-12H,13H2,1H3,(H,23,24). The van der Waals surface area contributed by atoms with E-state index in [0.717, 1.165) is 11.1 Å². The minimum atomic E-state index is -1.04. The molecule has 0 saturated carbocycles. The van der Waals surface area contributed by atoms with Gasteiger partial charge in [0.25, 0.3) is 0 Å². The molecule has 0 spiro atoms. The van der Waals surface area contributed by atoms with Gasteiger partial charge in [0.2, 0.25) is 5.95 Å². The molecule has 0 radical (unpaired) electrons. The number of nitrogens with zero attached hydrogens (tertiary/aromatic N) is 3. The van der Waals surface area contributed by atoms with Crippen molar-refractivity contribution in [3.05, 3.63) is 78.0 Å². The summed E-state index contributed by atoms with van der Waals surface area (Å²) >= 11 is 0. The van der Waals surface area contributed by atoms with Gasteiger partial charge in [-0.3, -0.25) is 0 Å². The lowest BCUT2D eigenvalue weighted by molar-refractivity contribution is 0.0697. The van der Waals surface area contributed by atoms with Crippen LogP contribution >= 0.6 is 0 Å². The van der Waals surface area contributed by atoms with E-state index in [4.69, 9.17) is 0 Å². The summed E-state index contributed by atoms with van der Waals surface area (Å²) in [5.41, 5.74) is 2.41. The molecule has 0 bridgehead atoms. The Bertz CT molecular complexity index is 836. The van der Waals surface area contributed by atoms with Gasteiger partial charge in [-0.2, -0.15) is 0 Å². The zero-order valence-corrected chi connectivity index (χ0v) is 13.3. The second kappa shape index (κ2) is 6.91. The topological polar surface area (TPSA) is 66.3 Å². The molecule has 24 heavy (non-hydrogen) atoms. The van der Waals surface area contributed by atoms with E-state index >= 15 is 0 Å². The summed E-state index contributed by atoms with van der Waals surface area (Å²) in [4.78, 5) is 22.1. The van der Waals surface area contributed by atoms with Gasteiger partial charge in [0.15, 0.2) is 0 Å². The molecule has 1 aromatic heterocycles. The smallest absolute Gasteiger partial charge is 0.339 e. The van der Waals surface area contributed by atoms with Crippen molar-refractivity contribution in [3.8, 4) is 11.3 Å². The Hall–Kier alpha value is -3.21.